The third-order valence-corrected chi connectivity index (χ3v) is 7.12. The molecule has 6 rings (SSSR count). The van der Waals surface area contributed by atoms with E-state index in [2.05, 4.69) is 11.8 Å². The number of carbonyl (C=O) groups excluding carboxylic acids is 1. The van der Waals surface area contributed by atoms with Crippen LogP contribution in [0.15, 0.2) is 23.8 Å². The summed E-state index contributed by atoms with van der Waals surface area (Å²) in [5.41, 5.74) is 5.03. The zero-order valence-electron chi connectivity index (χ0n) is 14.2. The molecule has 3 heteroatoms. The van der Waals surface area contributed by atoms with Gasteiger partial charge in [-0.1, -0.05) is 19.4 Å². The Hall–Kier alpha value is -1.61. The minimum atomic E-state index is -0.0857. The third kappa shape index (κ3) is 1.85. The van der Waals surface area contributed by atoms with Crippen molar-refractivity contribution in [2.75, 3.05) is 13.1 Å². The van der Waals surface area contributed by atoms with E-state index in [0.717, 1.165) is 42.2 Å². The van der Waals surface area contributed by atoms with Gasteiger partial charge in [-0.15, -0.1) is 0 Å². The number of nitrogens with zero attached hydrogens (tertiary/aromatic N) is 1. The smallest absolute Gasteiger partial charge is 0.131 e. The van der Waals surface area contributed by atoms with Crippen LogP contribution in [0.4, 0.5) is 0 Å². The van der Waals surface area contributed by atoms with Crippen LogP contribution in [0.2, 0.25) is 0 Å². The van der Waals surface area contributed by atoms with E-state index in [1.807, 2.05) is 12.1 Å². The van der Waals surface area contributed by atoms with Crippen LogP contribution in [0.5, 0.6) is 5.75 Å². The Balaban J connectivity index is 1.67. The molecule has 2 aliphatic carbocycles. The van der Waals surface area contributed by atoms with E-state index < -0.39 is 0 Å². The number of rotatable bonds is 2. The molecule has 4 bridgehead atoms. The predicted molar refractivity (Wildman–Crippen MR) is 93.8 cm³/mol. The molecule has 3 unspecified atom stereocenters. The number of phenols is 1. The van der Waals surface area contributed by atoms with Crippen LogP contribution in [0, 0.1) is 17.8 Å². The molecule has 0 radical (unpaired) electrons. The van der Waals surface area contributed by atoms with Gasteiger partial charge in [-0.2, -0.15) is 0 Å². The number of hydrogen-bond donors (Lipinski definition) is 1. The largest absolute Gasteiger partial charge is 0.508 e. The molecule has 24 heavy (non-hydrogen) atoms. The first-order valence-corrected chi connectivity index (χ1v) is 9.46. The highest BCUT2D eigenvalue weighted by molar-refractivity contribution is 5.88. The first kappa shape index (κ1) is 14.7. The zero-order chi connectivity index (χ0) is 16.4. The summed E-state index contributed by atoms with van der Waals surface area (Å²) in [7, 11) is 0. The molecule has 3 aliphatic heterocycles. The second-order valence-corrected chi connectivity index (χ2v) is 8.17. The van der Waals surface area contributed by atoms with Crippen LogP contribution in [-0.2, 0) is 4.79 Å². The van der Waals surface area contributed by atoms with Crippen LogP contribution < -0.4 is 0 Å². The minimum absolute atomic E-state index is 0.0857. The zero-order valence-corrected chi connectivity index (χ0v) is 14.2. The molecule has 1 N–H and O–H groups in total. The summed E-state index contributed by atoms with van der Waals surface area (Å²) in [6, 6.07) is 6.21. The van der Waals surface area contributed by atoms with Crippen LogP contribution in [-0.4, -0.2) is 35.4 Å². The van der Waals surface area contributed by atoms with Crippen LogP contribution in [0.1, 0.15) is 49.7 Å². The first-order chi connectivity index (χ1) is 11.7. The normalized spacial score (nSPS) is 39.4. The number of aldehydes is 1. The van der Waals surface area contributed by atoms with Crippen molar-refractivity contribution in [3.8, 4) is 5.75 Å². The molecule has 1 aromatic carbocycles. The lowest BCUT2D eigenvalue weighted by molar-refractivity contribution is -0.108. The minimum Gasteiger partial charge on any atom is -0.508 e. The molecule has 2 saturated heterocycles. The Labute approximate surface area is 143 Å². The van der Waals surface area contributed by atoms with Crippen molar-refractivity contribution >= 4 is 11.9 Å². The fraction of sp³-hybridized carbons (Fsp3) is 0.571. The van der Waals surface area contributed by atoms with E-state index >= 15 is 0 Å². The molecular weight excluding hydrogens is 298 g/mol. The Morgan fingerprint density at radius 2 is 2.21 bits per heavy atom. The molecule has 6 atom stereocenters. The maximum atomic E-state index is 12.0. The predicted octanol–water partition coefficient (Wildman–Crippen LogP) is 3.58. The molecule has 1 saturated carbocycles. The summed E-state index contributed by atoms with van der Waals surface area (Å²) in [4.78, 5) is 14.8. The van der Waals surface area contributed by atoms with Gasteiger partial charge in [0.2, 0.25) is 0 Å². The lowest BCUT2D eigenvalue weighted by Crippen LogP contribution is -2.57. The van der Waals surface area contributed by atoms with Crippen LogP contribution in [0.25, 0.3) is 5.57 Å². The quantitative estimate of drug-likeness (QED) is 0.846. The summed E-state index contributed by atoms with van der Waals surface area (Å²) >= 11 is 0. The number of benzene rings is 1. The second-order valence-electron chi connectivity index (χ2n) is 8.17. The standard InChI is InChI=1S/C21H25NO2/c1-2-13-7-12-8-18-20-16(5-6-22(10-12)21(13)18)17-9-14(24)3-4-15(17)19(20)11-23/h3-4,9,11-13,18-19,21,24H,2,5-8,10H2,1H3/t12-,13-,18-,19?,21?/m0/s1. The Kier molecular flexibility index (Phi) is 3.18. The van der Waals surface area contributed by atoms with E-state index in [-0.39, 0.29) is 5.92 Å². The monoisotopic (exact) mass is 323 g/mol. The van der Waals surface area contributed by atoms with Gasteiger partial charge in [-0.05, 0) is 71.4 Å². The van der Waals surface area contributed by atoms with E-state index in [9.17, 15) is 9.90 Å². The van der Waals surface area contributed by atoms with E-state index in [1.54, 1.807) is 6.07 Å². The van der Waals surface area contributed by atoms with Crippen LogP contribution in [0.3, 0.4) is 0 Å². The van der Waals surface area contributed by atoms with Crippen molar-refractivity contribution in [1.82, 2.24) is 4.90 Å². The summed E-state index contributed by atoms with van der Waals surface area (Å²) in [6.45, 7) is 4.68. The number of hydrogen-bond acceptors (Lipinski definition) is 3. The topological polar surface area (TPSA) is 40.5 Å². The molecule has 126 valence electrons. The molecule has 0 spiro atoms. The first-order valence-electron chi connectivity index (χ1n) is 9.46. The molecular formula is C21H25NO2. The van der Waals surface area contributed by atoms with Gasteiger partial charge in [0.25, 0.3) is 0 Å². The second kappa shape index (κ2) is 5.19. The SMILES string of the molecule is CC[C@H]1C[C@H]2C[C@H]3C4=C(CCN(C2)C13)c1cc(O)ccc1C4C=O. The third-order valence-electron chi connectivity index (χ3n) is 7.12. The summed E-state index contributed by atoms with van der Waals surface area (Å²) < 4.78 is 0. The molecule has 5 aliphatic rings. The maximum absolute atomic E-state index is 12.0. The van der Waals surface area contributed by atoms with Crippen LogP contribution >= 0.6 is 0 Å². The van der Waals surface area contributed by atoms with Gasteiger partial charge in [0, 0.05) is 19.1 Å². The number of fused-ring (bicyclic) bond motifs is 3. The van der Waals surface area contributed by atoms with Gasteiger partial charge < -0.3 is 9.90 Å². The highest BCUT2D eigenvalue weighted by atomic mass is 16.3. The van der Waals surface area contributed by atoms with Gasteiger partial charge in [-0.3, -0.25) is 4.90 Å². The Bertz CT molecular complexity index is 737. The van der Waals surface area contributed by atoms with Gasteiger partial charge in [0.1, 0.15) is 12.0 Å². The van der Waals surface area contributed by atoms with E-state index in [4.69, 9.17) is 0 Å². The van der Waals surface area contributed by atoms with Gasteiger partial charge in [0.15, 0.2) is 0 Å². The molecule has 3 nitrogen and oxygen atoms in total. The van der Waals surface area contributed by atoms with Crippen molar-refractivity contribution in [1.29, 1.82) is 0 Å². The molecule has 3 fully saturated rings. The number of piperidine rings is 2. The van der Waals surface area contributed by atoms with Crippen molar-refractivity contribution < 1.29 is 9.90 Å². The highest BCUT2D eigenvalue weighted by Gasteiger charge is 2.51. The summed E-state index contributed by atoms with van der Waals surface area (Å²) in [6.07, 6.45) is 6.04. The molecule has 0 aromatic heterocycles. The lowest BCUT2D eigenvalue weighted by atomic mass is 9.63. The molecule has 0 amide bonds. The van der Waals surface area contributed by atoms with Gasteiger partial charge in [0.05, 0.1) is 5.92 Å². The Morgan fingerprint density at radius 1 is 1.33 bits per heavy atom. The molecule has 1 aromatic rings. The number of phenolic OH excluding ortho intramolecular Hbond substituents is 1. The van der Waals surface area contributed by atoms with Crippen molar-refractivity contribution in [2.45, 2.75) is 44.6 Å². The van der Waals surface area contributed by atoms with E-state index in [1.165, 1.54) is 37.0 Å². The van der Waals surface area contributed by atoms with Crippen molar-refractivity contribution in [2.24, 2.45) is 17.8 Å². The summed E-state index contributed by atoms with van der Waals surface area (Å²) in [5, 5.41) is 9.97. The lowest BCUT2D eigenvalue weighted by Gasteiger charge is -2.54. The van der Waals surface area contributed by atoms with Crippen molar-refractivity contribution in [3.63, 3.8) is 0 Å². The summed E-state index contributed by atoms with van der Waals surface area (Å²) in [5.74, 6) is 2.33. The highest BCUT2D eigenvalue weighted by Crippen LogP contribution is 2.56. The average Bonchev–Trinajstić information content (AvgIpc) is 2.85. The number of aromatic hydroxyl groups is 1. The maximum Gasteiger partial charge on any atom is 0.131 e. The van der Waals surface area contributed by atoms with Crippen molar-refractivity contribution in [3.05, 3.63) is 34.9 Å². The number of carbonyl (C=O) groups is 1. The van der Waals surface area contributed by atoms with Gasteiger partial charge >= 0.3 is 0 Å². The molecule has 3 heterocycles. The average molecular weight is 323 g/mol. The fourth-order valence-corrected chi connectivity index (χ4v) is 6.33. The Morgan fingerprint density at radius 3 is 3.00 bits per heavy atom. The van der Waals surface area contributed by atoms with Gasteiger partial charge in [-0.25, -0.2) is 0 Å². The van der Waals surface area contributed by atoms with E-state index in [0.29, 0.717) is 17.7 Å². The fourth-order valence-electron chi connectivity index (χ4n) is 6.33.